The van der Waals surface area contributed by atoms with E-state index in [4.69, 9.17) is 16.3 Å². The molecule has 0 unspecified atom stereocenters. The number of para-hydroxylation sites is 2. The first-order chi connectivity index (χ1) is 8.77. The first-order valence-electron chi connectivity index (χ1n) is 5.63. The number of ether oxygens (including phenoxy) is 1. The van der Waals surface area contributed by atoms with E-state index in [0.29, 0.717) is 18.2 Å². The lowest BCUT2D eigenvalue weighted by molar-refractivity contribution is 0.315. The summed E-state index contributed by atoms with van der Waals surface area (Å²) in [5, 5.41) is 3.78. The molecule has 0 aliphatic rings. The monoisotopic (exact) mass is 265 g/mol. The standard InChI is InChI=1S/C14H13ClFNO/c15-11-5-1-3-7-13(11)17-9-10-18-14-8-4-2-6-12(14)16/h1-8,17H,9-10H2. The maximum atomic E-state index is 13.2. The zero-order valence-corrected chi connectivity index (χ0v) is 10.5. The molecule has 2 rings (SSSR count). The van der Waals surface area contributed by atoms with Crippen LogP contribution in [0.3, 0.4) is 0 Å². The van der Waals surface area contributed by atoms with Crippen molar-refractivity contribution in [2.45, 2.75) is 0 Å². The van der Waals surface area contributed by atoms with Crippen LogP contribution < -0.4 is 10.1 Å². The maximum absolute atomic E-state index is 13.2. The Morgan fingerprint density at radius 3 is 2.56 bits per heavy atom. The average molecular weight is 266 g/mol. The highest BCUT2D eigenvalue weighted by Gasteiger charge is 2.01. The van der Waals surface area contributed by atoms with Crippen LogP contribution in [0.1, 0.15) is 0 Å². The van der Waals surface area contributed by atoms with Gasteiger partial charge in [-0.25, -0.2) is 4.39 Å². The summed E-state index contributed by atoms with van der Waals surface area (Å²) < 4.78 is 18.6. The van der Waals surface area contributed by atoms with E-state index in [1.54, 1.807) is 18.2 Å². The topological polar surface area (TPSA) is 21.3 Å². The summed E-state index contributed by atoms with van der Waals surface area (Å²) in [6.45, 7) is 0.921. The van der Waals surface area contributed by atoms with Gasteiger partial charge in [0.25, 0.3) is 0 Å². The molecule has 0 bridgehead atoms. The number of anilines is 1. The van der Waals surface area contributed by atoms with E-state index in [9.17, 15) is 4.39 Å². The van der Waals surface area contributed by atoms with Crippen LogP contribution in [-0.4, -0.2) is 13.2 Å². The molecule has 4 heteroatoms. The van der Waals surface area contributed by atoms with E-state index in [0.717, 1.165) is 5.69 Å². The fourth-order valence-corrected chi connectivity index (χ4v) is 1.72. The first-order valence-corrected chi connectivity index (χ1v) is 6.01. The smallest absolute Gasteiger partial charge is 0.165 e. The first kappa shape index (κ1) is 12.7. The van der Waals surface area contributed by atoms with Crippen LogP contribution in [0.4, 0.5) is 10.1 Å². The third kappa shape index (κ3) is 3.37. The lowest BCUT2D eigenvalue weighted by atomic mass is 10.3. The number of rotatable bonds is 5. The Hall–Kier alpha value is -1.74. The Bertz CT molecular complexity index is 471. The largest absolute Gasteiger partial charge is 0.489 e. The van der Waals surface area contributed by atoms with Gasteiger partial charge in [0.15, 0.2) is 11.6 Å². The van der Waals surface area contributed by atoms with Gasteiger partial charge in [-0.05, 0) is 24.3 Å². The minimum Gasteiger partial charge on any atom is -0.489 e. The van der Waals surface area contributed by atoms with Gasteiger partial charge in [0.05, 0.1) is 10.7 Å². The molecule has 2 aromatic carbocycles. The predicted octanol–water partition coefficient (Wildman–Crippen LogP) is 3.97. The Morgan fingerprint density at radius 2 is 1.78 bits per heavy atom. The second-order valence-corrected chi connectivity index (χ2v) is 4.09. The SMILES string of the molecule is Fc1ccccc1OCCNc1ccccc1Cl. The Balaban J connectivity index is 1.80. The molecule has 0 aliphatic carbocycles. The highest BCUT2D eigenvalue weighted by Crippen LogP contribution is 2.20. The quantitative estimate of drug-likeness (QED) is 0.826. The van der Waals surface area contributed by atoms with E-state index < -0.39 is 0 Å². The summed E-state index contributed by atoms with van der Waals surface area (Å²) in [6.07, 6.45) is 0. The van der Waals surface area contributed by atoms with Crippen LogP contribution in [0.5, 0.6) is 5.75 Å². The van der Waals surface area contributed by atoms with Gasteiger partial charge in [-0.15, -0.1) is 0 Å². The second-order valence-electron chi connectivity index (χ2n) is 3.69. The molecule has 0 atom stereocenters. The minimum absolute atomic E-state index is 0.262. The molecule has 1 N–H and O–H groups in total. The zero-order chi connectivity index (χ0) is 12.8. The fourth-order valence-electron chi connectivity index (χ4n) is 1.51. The van der Waals surface area contributed by atoms with Crippen molar-refractivity contribution in [2.75, 3.05) is 18.5 Å². The van der Waals surface area contributed by atoms with Gasteiger partial charge in [0.1, 0.15) is 6.61 Å². The molecular weight excluding hydrogens is 253 g/mol. The molecule has 0 aromatic heterocycles. The number of hydrogen-bond donors (Lipinski definition) is 1. The zero-order valence-electron chi connectivity index (χ0n) is 9.70. The second kappa shape index (κ2) is 6.26. The lowest BCUT2D eigenvalue weighted by Gasteiger charge is -2.10. The van der Waals surface area contributed by atoms with E-state index in [1.807, 2.05) is 24.3 Å². The van der Waals surface area contributed by atoms with Crippen molar-refractivity contribution in [1.82, 2.24) is 0 Å². The molecule has 0 saturated carbocycles. The molecule has 0 radical (unpaired) electrons. The van der Waals surface area contributed by atoms with Crippen LogP contribution in [-0.2, 0) is 0 Å². The molecule has 0 heterocycles. The highest BCUT2D eigenvalue weighted by molar-refractivity contribution is 6.33. The molecule has 0 amide bonds. The molecule has 0 spiro atoms. The van der Waals surface area contributed by atoms with Crippen molar-refractivity contribution in [1.29, 1.82) is 0 Å². The number of hydrogen-bond acceptors (Lipinski definition) is 2. The van der Waals surface area contributed by atoms with Crippen LogP contribution in [0, 0.1) is 5.82 Å². The lowest BCUT2D eigenvalue weighted by Crippen LogP contribution is -2.12. The highest BCUT2D eigenvalue weighted by atomic mass is 35.5. The summed E-state index contributed by atoms with van der Waals surface area (Å²) in [5.74, 6) is -0.0892. The van der Waals surface area contributed by atoms with Gasteiger partial charge >= 0.3 is 0 Å². The van der Waals surface area contributed by atoms with Crippen LogP contribution >= 0.6 is 11.6 Å². The fraction of sp³-hybridized carbons (Fsp3) is 0.143. The molecule has 2 aromatic rings. The molecule has 0 saturated heterocycles. The summed E-state index contributed by atoms with van der Waals surface area (Å²) in [5.41, 5.74) is 0.844. The van der Waals surface area contributed by atoms with Crippen LogP contribution in [0.2, 0.25) is 5.02 Å². The van der Waals surface area contributed by atoms with Crippen molar-refractivity contribution in [2.24, 2.45) is 0 Å². The van der Waals surface area contributed by atoms with E-state index in [1.165, 1.54) is 6.07 Å². The van der Waals surface area contributed by atoms with Gasteiger partial charge in [-0.2, -0.15) is 0 Å². The van der Waals surface area contributed by atoms with Crippen molar-refractivity contribution in [3.05, 3.63) is 59.4 Å². The van der Waals surface area contributed by atoms with Gasteiger partial charge in [0.2, 0.25) is 0 Å². The van der Waals surface area contributed by atoms with E-state index in [-0.39, 0.29) is 11.6 Å². The third-order valence-electron chi connectivity index (χ3n) is 2.39. The summed E-state index contributed by atoms with van der Waals surface area (Å²) in [7, 11) is 0. The Morgan fingerprint density at radius 1 is 1.06 bits per heavy atom. The Labute approximate surface area is 110 Å². The molecular formula is C14H13ClFNO. The maximum Gasteiger partial charge on any atom is 0.165 e. The van der Waals surface area contributed by atoms with Crippen molar-refractivity contribution in [3.63, 3.8) is 0 Å². The molecule has 0 aliphatic heterocycles. The molecule has 0 fully saturated rings. The van der Waals surface area contributed by atoms with E-state index in [2.05, 4.69) is 5.32 Å². The Kier molecular flexibility index (Phi) is 4.42. The van der Waals surface area contributed by atoms with Crippen LogP contribution in [0.15, 0.2) is 48.5 Å². The van der Waals surface area contributed by atoms with Gasteiger partial charge in [0, 0.05) is 6.54 Å². The third-order valence-corrected chi connectivity index (χ3v) is 2.72. The number of halogens is 2. The van der Waals surface area contributed by atoms with Crippen molar-refractivity contribution >= 4 is 17.3 Å². The molecule has 94 valence electrons. The van der Waals surface area contributed by atoms with Crippen molar-refractivity contribution in [3.8, 4) is 5.75 Å². The summed E-state index contributed by atoms with van der Waals surface area (Å²) in [6, 6.07) is 13.8. The number of benzene rings is 2. The predicted molar refractivity (Wildman–Crippen MR) is 71.8 cm³/mol. The summed E-state index contributed by atoms with van der Waals surface area (Å²) in [4.78, 5) is 0. The number of nitrogens with one attached hydrogen (secondary N) is 1. The van der Waals surface area contributed by atoms with Crippen molar-refractivity contribution < 1.29 is 9.13 Å². The van der Waals surface area contributed by atoms with Gasteiger partial charge in [-0.3, -0.25) is 0 Å². The molecule has 2 nitrogen and oxygen atoms in total. The van der Waals surface area contributed by atoms with Gasteiger partial charge in [-0.1, -0.05) is 35.9 Å². The van der Waals surface area contributed by atoms with Crippen LogP contribution in [0.25, 0.3) is 0 Å². The minimum atomic E-state index is -0.352. The van der Waals surface area contributed by atoms with E-state index >= 15 is 0 Å². The molecule has 18 heavy (non-hydrogen) atoms. The normalized spacial score (nSPS) is 10.1. The average Bonchev–Trinajstić information content (AvgIpc) is 2.38. The van der Waals surface area contributed by atoms with Gasteiger partial charge < -0.3 is 10.1 Å². The summed E-state index contributed by atoms with van der Waals surface area (Å²) >= 11 is 5.98.